The van der Waals surface area contributed by atoms with Crippen molar-refractivity contribution in [3.05, 3.63) is 30.6 Å². The Balaban J connectivity index is 1.58. The fourth-order valence-corrected chi connectivity index (χ4v) is 1.97. The van der Waals surface area contributed by atoms with Crippen molar-refractivity contribution in [1.29, 1.82) is 0 Å². The van der Waals surface area contributed by atoms with Crippen LogP contribution in [0.1, 0.15) is 12.8 Å². The first-order chi connectivity index (χ1) is 9.40. The monoisotopic (exact) mass is 260 g/mol. The maximum absolute atomic E-state index is 5.81. The highest BCUT2D eigenvalue weighted by atomic mass is 16.5. The Kier molecular flexibility index (Phi) is 3.60. The molecule has 1 aliphatic rings. The second-order valence-corrected chi connectivity index (χ2v) is 4.41. The van der Waals surface area contributed by atoms with Gasteiger partial charge in [0.25, 0.3) is 0 Å². The van der Waals surface area contributed by atoms with Gasteiger partial charge < -0.3 is 14.8 Å². The molecule has 0 radical (unpaired) electrons. The van der Waals surface area contributed by atoms with Crippen LogP contribution < -0.4 is 10.1 Å². The highest BCUT2D eigenvalue weighted by molar-refractivity contribution is 5.54. The molecule has 2 aromatic rings. The van der Waals surface area contributed by atoms with E-state index in [1.54, 1.807) is 12.4 Å². The van der Waals surface area contributed by atoms with Gasteiger partial charge in [0.2, 0.25) is 5.88 Å². The summed E-state index contributed by atoms with van der Waals surface area (Å²) >= 11 is 0. The van der Waals surface area contributed by atoms with Crippen molar-refractivity contribution in [2.24, 2.45) is 0 Å². The largest absolute Gasteiger partial charge is 0.474 e. The molecule has 100 valence electrons. The van der Waals surface area contributed by atoms with Gasteiger partial charge in [-0.3, -0.25) is 5.10 Å². The number of anilines is 2. The lowest BCUT2D eigenvalue weighted by molar-refractivity contribution is 0.0237. The summed E-state index contributed by atoms with van der Waals surface area (Å²) < 4.78 is 11.1. The van der Waals surface area contributed by atoms with Gasteiger partial charge in [-0.05, 0) is 6.07 Å². The Morgan fingerprint density at radius 2 is 2.16 bits per heavy atom. The van der Waals surface area contributed by atoms with Crippen LogP contribution in [0.15, 0.2) is 30.6 Å². The third kappa shape index (κ3) is 3.23. The summed E-state index contributed by atoms with van der Waals surface area (Å²) in [6, 6.07) is 5.66. The van der Waals surface area contributed by atoms with Crippen molar-refractivity contribution in [3.8, 4) is 5.88 Å². The Morgan fingerprint density at radius 1 is 1.26 bits per heavy atom. The Bertz CT molecular complexity index is 492. The smallest absolute Gasteiger partial charge is 0.213 e. The van der Waals surface area contributed by atoms with Gasteiger partial charge in [0.05, 0.1) is 31.3 Å². The molecule has 3 rings (SSSR count). The van der Waals surface area contributed by atoms with Crippen molar-refractivity contribution in [1.82, 2.24) is 15.2 Å². The summed E-state index contributed by atoms with van der Waals surface area (Å²) in [5.74, 6) is 1.49. The van der Waals surface area contributed by atoms with Crippen LogP contribution in [-0.2, 0) is 4.74 Å². The maximum atomic E-state index is 5.81. The van der Waals surface area contributed by atoms with E-state index < -0.39 is 0 Å². The van der Waals surface area contributed by atoms with Gasteiger partial charge >= 0.3 is 0 Å². The van der Waals surface area contributed by atoms with Gasteiger partial charge in [-0.1, -0.05) is 0 Å². The first kappa shape index (κ1) is 12.0. The first-order valence-corrected chi connectivity index (χ1v) is 6.37. The van der Waals surface area contributed by atoms with E-state index in [-0.39, 0.29) is 6.10 Å². The molecule has 3 heterocycles. The van der Waals surface area contributed by atoms with Crippen LogP contribution >= 0.6 is 0 Å². The van der Waals surface area contributed by atoms with Crippen molar-refractivity contribution in [3.63, 3.8) is 0 Å². The molecule has 0 bridgehead atoms. The third-order valence-corrected chi connectivity index (χ3v) is 2.97. The van der Waals surface area contributed by atoms with Crippen molar-refractivity contribution in [2.75, 3.05) is 18.5 Å². The topological polar surface area (TPSA) is 72.1 Å². The van der Waals surface area contributed by atoms with E-state index in [2.05, 4.69) is 20.5 Å². The molecule has 2 aromatic heterocycles. The molecule has 0 unspecified atom stereocenters. The molecule has 0 aliphatic carbocycles. The van der Waals surface area contributed by atoms with E-state index in [0.29, 0.717) is 5.88 Å². The minimum Gasteiger partial charge on any atom is -0.474 e. The van der Waals surface area contributed by atoms with Gasteiger partial charge in [0.15, 0.2) is 0 Å². The Hall–Kier alpha value is -2.08. The average molecular weight is 260 g/mol. The van der Waals surface area contributed by atoms with Gasteiger partial charge in [-0.2, -0.15) is 5.10 Å². The fraction of sp³-hybridized carbons (Fsp3) is 0.385. The second kappa shape index (κ2) is 5.71. The second-order valence-electron chi connectivity index (χ2n) is 4.41. The van der Waals surface area contributed by atoms with Crippen molar-refractivity contribution in [2.45, 2.75) is 18.9 Å². The summed E-state index contributed by atoms with van der Waals surface area (Å²) in [5.41, 5.74) is 0.892. The number of aromatic nitrogens is 3. The average Bonchev–Trinajstić information content (AvgIpc) is 2.95. The minimum absolute atomic E-state index is 0.215. The van der Waals surface area contributed by atoms with Gasteiger partial charge in [-0.15, -0.1) is 0 Å². The standard InChI is InChI=1S/C13H16N4O2/c1-2-13(19-11-4-7-18-8-5-11)14-9-10(1)16-12-3-6-15-17-12/h1-3,6,9,11H,4-5,7-8H2,(H2,15,16,17). The molecule has 0 aromatic carbocycles. The summed E-state index contributed by atoms with van der Waals surface area (Å²) in [7, 11) is 0. The molecule has 6 heteroatoms. The predicted octanol–water partition coefficient (Wildman–Crippen LogP) is 2.11. The molecule has 2 N–H and O–H groups in total. The fourth-order valence-electron chi connectivity index (χ4n) is 1.97. The number of rotatable bonds is 4. The molecule has 0 atom stereocenters. The van der Waals surface area contributed by atoms with Crippen molar-refractivity contribution >= 4 is 11.5 Å². The molecule has 0 saturated carbocycles. The zero-order valence-electron chi connectivity index (χ0n) is 10.5. The SMILES string of the molecule is c1cc(Nc2ccc(OC3CCOCC3)nc2)[nH]n1. The van der Waals surface area contributed by atoms with Crippen LogP contribution in [0, 0.1) is 0 Å². The normalized spacial score (nSPS) is 16.2. The molecule has 1 aliphatic heterocycles. The molecule has 19 heavy (non-hydrogen) atoms. The zero-order valence-corrected chi connectivity index (χ0v) is 10.5. The van der Waals surface area contributed by atoms with Crippen LogP contribution in [-0.4, -0.2) is 34.5 Å². The number of hydrogen-bond acceptors (Lipinski definition) is 5. The van der Waals surface area contributed by atoms with Crippen LogP contribution in [0.4, 0.5) is 11.5 Å². The predicted molar refractivity (Wildman–Crippen MR) is 70.6 cm³/mol. The molecule has 0 spiro atoms. The molecular formula is C13H16N4O2. The van der Waals surface area contributed by atoms with Crippen LogP contribution in [0.2, 0.25) is 0 Å². The lowest BCUT2D eigenvalue weighted by Crippen LogP contribution is -2.26. The summed E-state index contributed by atoms with van der Waals surface area (Å²) in [6.45, 7) is 1.54. The number of pyridine rings is 1. The zero-order chi connectivity index (χ0) is 12.9. The van der Waals surface area contributed by atoms with Gasteiger partial charge in [0, 0.05) is 25.0 Å². The Morgan fingerprint density at radius 3 is 2.84 bits per heavy atom. The number of H-pyrrole nitrogens is 1. The highest BCUT2D eigenvalue weighted by Gasteiger charge is 2.15. The van der Waals surface area contributed by atoms with E-state index >= 15 is 0 Å². The number of aromatic amines is 1. The number of nitrogens with one attached hydrogen (secondary N) is 2. The molecule has 1 saturated heterocycles. The summed E-state index contributed by atoms with van der Waals surface area (Å²) in [4.78, 5) is 4.29. The number of ether oxygens (including phenoxy) is 2. The highest BCUT2D eigenvalue weighted by Crippen LogP contribution is 2.19. The molecular weight excluding hydrogens is 244 g/mol. The van der Waals surface area contributed by atoms with Crippen LogP contribution in [0.25, 0.3) is 0 Å². The van der Waals surface area contributed by atoms with E-state index in [1.807, 2.05) is 18.2 Å². The van der Waals surface area contributed by atoms with Crippen LogP contribution in [0.3, 0.4) is 0 Å². The van der Waals surface area contributed by atoms with E-state index in [0.717, 1.165) is 37.6 Å². The van der Waals surface area contributed by atoms with E-state index in [9.17, 15) is 0 Å². The van der Waals surface area contributed by atoms with Crippen LogP contribution in [0.5, 0.6) is 5.88 Å². The number of hydrogen-bond donors (Lipinski definition) is 2. The maximum Gasteiger partial charge on any atom is 0.213 e. The first-order valence-electron chi connectivity index (χ1n) is 6.37. The quantitative estimate of drug-likeness (QED) is 0.880. The number of nitrogens with zero attached hydrogens (tertiary/aromatic N) is 2. The molecule has 6 nitrogen and oxygen atoms in total. The molecule has 1 fully saturated rings. The van der Waals surface area contributed by atoms with Gasteiger partial charge in [-0.25, -0.2) is 4.98 Å². The summed E-state index contributed by atoms with van der Waals surface area (Å²) in [5, 5.41) is 9.86. The lowest BCUT2D eigenvalue weighted by Gasteiger charge is -2.22. The Labute approximate surface area is 111 Å². The van der Waals surface area contributed by atoms with E-state index in [1.165, 1.54) is 0 Å². The van der Waals surface area contributed by atoms with Gasteiger partial charge in [0.1, 0.15) is 11.9 Å². The lowest BCUT2D eigenvalue weighted by atomic mass is 10.1. The van der Waals surface area contributed by atoms with E-state index in [4.69, 9.17) is 9.47 Å². The molecule has 0 amide bonds. The van der Waals surface area contributed by atoms with Crippen molar-refractivity contribution < 1.29 is 9.47 Å². The minimum atomic E-state index is 0.215. The third-order valence-electron chi connectivity index (χ3n) is 2.97. The summed E-state index contributed by atoms with van der Waals surface area (Å²) in [6.07, 6.45) is 5.51.